The van der Waals surface area contributed by atoms with Gasteiger partial charge >= 0.3 is 5.97 Å². The summed E-state index contributed by atoms with van der Waals surface area (Å²) in [7, 11) is 0. The summed E-state index contributed by atoms with van der Waals surface area (Å²) in [6.45, 7) is 5.36. The van der Waals surface area contributed by atoms with Crippen LogP contribution in [-0.4, -0.2) is 32.8 Å². The third kappa shape index (κ3) is 3.79. The number of nitrogens with zero attached hydrogens (tertiary/aromatic N) is 2. The Kier molecular flexibility index (Phi) is 5.33. The molecule has 0 radical (unpaired) electrons. The summed E-state index contributed by atoms with van der Waals surface area (Å²) in [6.07, 6.45) is 2.20. The Hall–Kier alpha value is -2.70. The molecule has 0 saturated carbocycles. The summed E-state index contributed by atoms with van der Waals surface area (Å²) in [5.74, 6) is -2.18. The fourth-order valence-corrected chi connectivity index (χ4v) is 2.35. The summed E-state index contributed by atoms with van der Waals surface area (Å²) in [5.41, 5.74) is 1.42. The molecule has 0 aliphatic heterocycles. The van der Waals surface area contributed by atoms with E-state index >= 15 is 0 Å². The predicted octanol–water partition coefficient (Wildman–Crippen LogP) is 2.55. The normalized spacial score (nSPS) is 13.3. The Balaban J connectivity index is 2.20. The number of benzene rings is 1. The van der Waals surface area contributed by atoms with Gasteiger partial charge in [-0.25, -0.2) is 13.9 Å². The molecule has 0 spiro atoms. The van der Waals surface area contributed by atoms with E-state index in [1.165, 1.54) is 22.9 Å². The minimum absolute atomic E-state index is 0.105. The average Bonchev–Trinajstić information content (AvgIpc) is 3.01. The maximum Gasteiger partial charge on any atom is 0.326 e. The number of carbonyl (C=O) groups is 2. The van der Waals surface area contributed by atoms with Crippen molar-refractivity contribution in [3.63, 3.8) is 0 Å². The number of aliphatic carboxylic acids is 1. The molecule has 24 heavy (non-hydrogen) atoms. The molecule has 2 N–H and O–H groups in total. The lowest BCUT2D eigenvalue weighted by Gasteiger charge is -2.19. The van der Waals surface area contributed by atoms with E-state index in [-0.39, 0.29) is 17.4 Å². The predicted molar refractivity (Wildman–Crippen MR) is 86.6 cm³/mol. The van der Waals surface area contributed by atoms with Crippen molar-refractivity contribution in [2.45, 2.75) is 33.2 Å². The van der Waals surface area contributed by atoms with Gasteiger partial charge in [-0.2, -0.15) is 5.10 Å². The van der Waals surface area contributed by atoms with Gasteiger partial charge in [0.1, 0.15) is 11.9 Å². The molecule has 0 aliphatic rings. The number of aromatic nitrogens is 2. The molecular weight excluding hydrogens is 313 g/mol. The number of carboxylic acids is 1. The Labute approximate surface area is 139 Å². The van der Waals surface area contributed by atoms with Gasteiger partial charge in [0.15, 0.2) is 5.69 Å². The molecule has 2 aromatic rings. The van der Waals surface area contributed by atoms with E-state index in [2.05, 4.69) is 10.4 Å². The van der Waals surface area contributed by atoms with Gasteiger partial charge in [0.2, 0.25) is 0 Å². The van der Waals surface area contributed by atoms with Crippen LogP contribution in [0.2, 0.25) is 0 Å². The Morgan fingerprint density at radius 1 is 1.38 bits per heavy atom. The van der Waals surface area contributed by atoms with Gasteiger partial charge < -0.3 is 10.4 Å². The maximum atomic E-state index is 13.2. The van der Waals surface area contributed by atoms with E-state index in [0.29, 0.717) is 17.7 Å². The van der Waals surface area contributed by atoms with E-state index in [4.69, 9.17) is 0 Å². The zero-order valence-electron chi connectivity index (χ0n) is 13.8. The summed E-state index contributed by atoms with van der Waals surface area (Å²) >= 11 is 0. The molecule has 1 aromatic carbocycles. The van der Waals surface area contributed by atoms with Crippen LogP contribution in [0.25, 0.3) is 5.69 Å². The van der Waals surface area contributed by atoms with Crippen molar-refractivity contribution >= 4 is 11.9 Å². The number of halogens is 1. The molecule has 6 nitrogen and oxygen atoms in total. The van der Waals surface area contributed by atoms with Crippen LogP contribution in [0.1, 0.15) is 36.3 Å². The lowest BCUT2D eigenvalue weighted by atomic mass is 9.99. The smallest absolute Gasteiger partial charge is 0.326 e. The third-order valence-electron chi connectivity index (χ3n) is 3.99. The monoisotopic (exact) mass is 333 g/mol. The number of rotatable bonds is 6. The van der Waals surface area contributed by atoms with Crippen LogP contribution in [0.5, 0.6) is 0 Å². The van der Waals surface area contributed by atoms with E-state index < -0.39 is 17.9 Å². The molecule has 128 valence electrons. The van der Waals surface area contributed by atoms with Gasteiger partial charge in [-0.1, -0.05) is 20.3 Å². The van der Waals surface area contributed by atoms with E-state index in [9.17, 15) is 19.1 Å². The standard InChI is InChI=1S/C17H20FN3O3/c1-4-10(2)15(17(23)24)19-16(22)13-7-8-21(20-13)14-6-5-12(18)9-11(14)3/h5-10,15H,4H2,1-3H3,(H,19,22)(H,23,24). The molecule has 0 saturated heterocycles. The van der Waals surface area contributed by atoms with Crippen LogP contribution in [-0.2, 0) is 4.79 Å². The zero-order chi connectivity index (χ0) is 17.9. The molecule has 1 heterocycles. The third-order valence-corrected chi connectivity index (χ3v) is 3.99. The number of nitrogens with one attached hydrogen (secondary N) is 1. The van der Waals surface area contributed by atoms with Crippen LogP contribution in [0.15, 0.2) is 30.5 Å². The Morgan fingerprint density at radius 2 is 2.08 bits per heavy atom. The highest BCUT2D eigenvalue weighted by Crippen LogP contribution is 2.15. The quantitative estimate of drug-likeness (QED) is 0.851. The minimum Gasteiger partial charge on any atom is -0.480 e. The van der Waals surface area contributed by atoms with Crippen LogP contribution >= 0.6 is 0 Å². The number of hydrogen-bond donors (Lipinski definition) is 2. The van der Waals surface area contributed by atoms with Gasteiger partial charge in [-0.15, -0.1) is 0 Å². The first-order valence-corrected chi connectivity index (χ1v) is 7.69. The fourth-order valence-electron chi connectivity index (χ4n) is 2.35. The molecule has 1 aromatic heterocycles. The number of carboxylic acid groups (broad SMARTS) is 1. The first kappa shape index (κ1) is 17.7. The second kappa shape index (κ2) is 7.25. The summed E-state index contributed by atoms with van der Waals surface area (Å²) in [4.78, 5) is 23.5. The van der Waals surface area contributed by atoms with Gasteiger partial charge in [-0.3, -0.25) is 4.79 Å². The van der Waals surface area contributed by atoms with Crippen molar-refractivity contribution < 1.29 is 19.1 Å². The van der Waals surface area contributed by atoms with E-state index in [1.807, 2.05) is 6.92 Å². The maximum absolute atomic E-state index is 13.2. The van der Waals surface area contributed by atoms with E-state index in [1.54, 1.807) is 26.1 Å². The van der Waals surface area contributed by atoms with Crippen LogP contribution in [0, 0.1) is 18.7 Å². The average molecular weight is 333 g/mol. The van der Waals surface area contributed by atoms with Gasteiger partial charge in [-0.05, 0) is 42.7 Å². The Morgan fingerprint density at radius 3 is 2.67 bits per heavy atom. The largest absolute Gasteiger partial charge is 0.480 e. The summed E-state index contributed by atoms with van der Waals surface area (Å²) < 4.78 is 14.6. The van der Waals surface area contributed by atoms with Crippen LogP contribution in [0.4, 0.5) is 4.39 Å². The first-order chi connectivity index (χ1) is 11.3. The molecule has 7 heteroatoms. The summed E-state index contributed by atoms with van der Waals surface area (Å²) in [5, 5.41) is 15.9. The highest BCUT2D eigenvalue weighted by molar-refractivity contribution is 5.95. The highest BCUT2D eigenvalue weighted by atomic mass is 19.1. The molecule has 1 amide bonds. The SMILES string of the molecule is CCC(C)C(NC(=O)c1ccn(-c2ccc(F)cc2C)n1)C(=O)O. The molecule has 0 bridgehead atoms. The molecular formula is C17H20FN3O3. The molecule has 0 aliphatic carbocycles. The minimum atomic E-state index is -1.08. The summed E-state index contributed by atoms with van der Waals surface area (Å²) in [6, 6.07) is 4.78. The van der Waals surface area contributed by atoms with E-state index in [0.717, 1.165) is 0 Å². The van der Waals surface area contributed by atoms with Crippen molar-refractivity contribution in [2.75, 3.05) is 0 Å². The number of amides is 1. The topological polar surface area (TPSA) is 84.2 Å². The highest BCUT2D eigenvalue weighted by Gasteiger charge is 2.26. The second-order valence-corrected chi connectivity index (χ2v) is 5.75. The van der Waals surface area contributed by atoms with Gasteiger partial charge in [0.05, 0.1) is 5.69 Å². The first-order valence-electron chi connectivity index (χ1n) is 7.69. The fraction of sp³-hybridized carbons (Fsp3) is 0.353. The number of carbonyl (C=O) groups excluding carboxylic acids is 1. The van der Waals surface area contributed by atoms with Crippen molar-refractivity contribution in [1.82, 2.24) is 15.1 Å². The molecule has 2 atom stereocenters. The lowest BCUT2D eigenvalue weighted by molar-refractivity contribution is -0.140. The molecule has 2 unspecified atom stereocenters. The van der Waals surface area contributed by atoms with Gasteiger partial charge in [0.25, 0.3) is 5.91 Å². The Bertz CT molecular complexity index is 757. The lowest BCUT2D eigenvalue weighted by Crippen LogP contribution is -2.45. The van der Waals surface area contributed by atoms with Crippen molar-refractivity contribution in [2.24, 2.45) is 5.92 Å². The number of hydrogen-bond acceptors (Lipinski definition) is 3. The van der Waals surface area contributed by atoms with Crippen LogP contribution < -0.4 is 5.32 Å². The molecule has 0 fully saturated rings. The van der Waals surface area contributed by atoms with Crippen molar-refractivity contribution in [3.8, 4) is 5.69 Å². The van der Waals surface area contributed by atoms with Crippen molar-refractivity contribution in [1.29, 1.82) is 0 Å². The van der Waals surface area contributed by atoms with Crippen molar-refractivity contribution in [3.05, 3.63) is 47.5 Å². The number of aryl methyl sites for hydroxylation is 1. The van der Waals surface area contributed by atoms with Crippen LogP contribution in [0.3, 0.4) is 0 Å². The second-order valence-electron chi connectivity index (χ2n) is 5.75. The zero-order valence-corrected chi connectivity index (χ0v) is 13.8. The molecule has 2 rings (SSSR count). The van der Waals surface area contributed by atoms with Gasteiger partial charge in [0, 0.05) is 6.20 Å².